The van der Waals surface area contributed by atoms with Crippen LogP contribution in [-0.4, -0.2) is 20.7 Å². The first-order valence-electron chi connectivity index (χ1n) is 3.94. The van der Waals surface area contributed by atoms with Gasteiger partial charge in [-0.05, 0) is 17.7 Å². The summed E-state index contributed by atoms with van der Waals surface area (Å²) >= 11 is 0. The monoisotopic (exact) mass is 188 g/mol. The zero-order valence-electron chi connectivity index (χ0n) is 7.12. The van der Waals surface area contributed by atoms with E-state index < -0.39 is 5.97 Å². The number of carboxylic acids is 1. The quantitative estimate of drug-likeness (QED) is 0.644. The first-order valence-corrected chi connectivity index (χ1v) is 3.94. The van der Waals surface area contributed by atoms with Gasteiger partial charge in [-0.15, -0.1) is 0 Å². The normalized spacial score (nSPS) is 10.0. The molecular formula is C9H6N3O2-. The van der Waals surface area contributed by atoms with E-state index in [1.165, 1.54) is 24.8 Å². The van der Waals surface area contributed by atoms with E-state index in [-0.39, 0.29) is 5.56 Å². The molecule has 5 heteroatoms. The van der Waals surface area contributed by atoms with Crippen molar-refractivity contribution < 1.29 is 9.90 Å². The van der Waals surface area contributed by atoms with Crippen LogP contribution < -0.4 is 5.11 Å². The van der Waals surface area contributed by atoms with Crippen LogP contribution >= 0.6 is 0 Å². The van der Waals surface area contributed by atoms with E-state index in [9.17, 15) is 9.90 Å². The van der Waals surface area contributed by atoms with Crippen molar-refractivity contribution in [1.29, 1.82) is 0 Å². The Hall–Kier alpha value is -2.17. The number of hydrogen-bond donors (Lipinski definition) is 0. The van der Waals surface area contributed by atoms with Crippen molar-refractivity contribution in [2.24, 2.45) is 0 Å². The van der Waals surface area contributed by atoms with Crippen LogP contribution in [-0.2, 0) is 0 Å². The van der Waals surface area contributed by atoms with Crippen LogP contribution in [0.25, 0.3) is 5.69 Å². The van der Waals surface area contributed by atoms with Crippen molar-refractivity contribution in [3.05, 3.63) is 42.5 Å². The smallest absolute Gasteiger partial charge is 0.138 e. The highest BCUT2D eigenvalue weighted by atomic mass is 16.4. The van der Waals surface area contributed by atoms with Crippen molar-refractivity contribution in [1.82, 2.24) is 14.8 Å². The lowest BCUT2D eigenvalue weighted by Crippen LogP contribution is -2.22. The largest absolute Gasteiger partial charge is 0.545 e. The molecule has 0 atom stereocenters. The Morgan fingerprint density at radius 1 is 1.29 bits per heavy atom. The fourth-order valence-corrected chi connectivity index (χ4v) is 1.09. The molecule has 2 rings (SSSR count). The van der Waals surface area contributed by atoms with Crippen LogP contribution in [0.3, 0.4) is 0 Å². The number of nitrogens with zero attached hydrogens (tertiary/aromatic N) is 3. The highest BCUT2D eigenvalue weighted by molar-refractivity contribution is 5.85. The van der Waals surface area contributed by atoms with E-state index in [0.717, 1.165) is 5.69 Å². The van der Waals surface area contributed by atoms with Gasteiger partial charge in [-0.2, -0.15) is 5.10 Å². The minimum Gasteiger partial charge on any atom is -0.545 e. The zero-order valence-corrected chi connectivity index (χ0v) is 7.12. The zero-order chi connectivity index (χ0) is 9.97. The van der Waals surface area contributed by atoms with E-state index >= 15 is 0 Å². The Morgan fingerprint density at radius 3 is 2.50 bits per heavy atom. The number of hydrogen-bond acceptors (Lipinski definition) is 4. The summed E-state index contributed by atoms with van der Waals surface area (Å²) in [6.07, 6.45) is 2.95. The number of aromatic carboxylic acids is 1. The molecule has 0 aliphatic rings. The third-order valence-corrected chi connectivity index (χ3v) is 1.79. The van der Waals surface area contributed by atoms with Gasteiger partial charge in [0.15, 0.2) is 0 Å². The molecule has 0 unspecified atom stereocenters. The fraction of sp³-hybridized carbons (Fsp3) is 0. The molecule has 0 spiro atoms. The second-order valence-electron chi connectivity index (χ2n) is 2.67. The van der Waals surface area contributed by atoms with Gasteiger partial charge in [0.25, 0.3) is 0 Å². The second kappa shape index (κ2) is 3.29. The summed E-state index contributed by atoms with van der Waals surface area (Å²) in [6.45, 7) is 0. The van der Waals surface area contributed by atoms with Gasteiger partial charge in [-0.1, -0.05) is 12.1 Å². The third kappa shape index (κ3) is 1.47. The second-order valence-corrected chi connectivity index (χ2v) is 2.67. The third-order valence-electron chi connectivity index (χ3n) is 1.79. The lowest BCUT2D eigenvalue weighted by atomic mass is 10.2. The summed E-state index contributed by atoms with van der Waals surface area (Å²) in [5, 5.41) is 14.4. The van der Waals surface area contributed by atoms with Gasteiger partial charge in [-0.25, -0.2) is 9.67 Å². The fourth-order valence-electron chi connectivity index (χ4n) is 1.09. The van der Waals surface area contributed by atoms with E-state index in [4.69, 9.17) is 0 Å². The van der Waals surface area contributed by atoms with Gasteiger partial charge in [0.1, 0.15) is 12.7 Å². The Kier molecular flexibility index (Phi) is 1.98. The Morgan fingerprint density at radius 2 is 2.00 bits per heavy atom. The molecule has 0 N–H and O–H groups in total. The van der Waals surface area contributed by atoms with Crippen molar-refractivity contribution in [3.8, 4) is 5.69 Å². The van der Waals surface area contributed by atoms with Crippen LogP contribution in [0.5, 0.6) is 0 Å². The van der Waals surface area contributed by atoms with Crippen molar-refractivity contribution in [2.45, 2.75) is 0 Å². The molecule has 0 aliphatic heterocycles. The molecule has 1 heterocycles. The van der Waals surface area contributed by atoms with E-state index in [2.05, 4.69) is 10.1 Å². The summed E-state index contributed by atoms with van der Waals surface area (Å²) in [4.78, 5) is 14.2. The number of aromatic nitrogens is 3. The molecule has 1 aromatic heterocycles. The van der Waals surface area contributed by atoms with Crippen LogP contribution in [0.1, 0.15) is 10.4 Å². The highest BCUT2D eigenvalue weighted by Crippen LogP contribution is 2.06. The number of benzene rings is 1. The van der Waals surface area contributed by atoms with Gasteiger partial charge < -0.3 is 9.90 Å². The number of rotatable bonds is 2. The van der Waals surface area contributed by atoms with Crippen molar-refractivity contribution in [2.75, 3.05) is 0 Å². The Balaban J connectivity index is 2.36. The van der Waals surface area contributed by atoms with Gasteiger partial charge in [0, 0.05) is 0 Å². The molecule has 0 saturated heterocycles. The summed E-state index contributed by atoms with van der Waals surface area (Å²) in [5.74, 6) is -1.19. The number of carbonyl (C=O) groups is 1. The average molecular weight is 188 g/mol. The minimum atomic E-state index is -1.19. The van der Waals surface area contributed by atoms with Crippen LogP contribution in [0, 0.1) is 0 Å². The molecule has 2 aromatic rings. The average Bonchev–Trinajstić information content (AvgIpc) is 2.71. The molecule has 14 heavy (non-hydrogen) atoms. The summed E-state index contributed by atoms with van der Waals surface area (Å²) < 4.78 is 1.54. The molecule has 0 bridgehead atoms. The van der Waals surface area contributed by atoms with Gasteiger partial charge in [0.05, 0.1) is 11.7 Å². The molecule has 5 nitrogen and oxygen atoms in total. The molecule has 0 fully saturated rings. The molecule has 0 aliphatic carbocycles. The first kappa shape index (κ1) is 8.43. The molecule has 0 saturated carbocycles. The topological polar surface area (TPSA) is 70.8 Å². The first-order chi connectivity index (χ1) is 6.77. The number of carboxylic acid groups (broad SMARTS) is 1. The summed E-state index contributed by atoms with van der Waals surface area (Å²) in [5.41, 5.74) is 0.904. The van der Waals surface area contributed by atoms with Gasteiger partial charge in [0.2, 0.25) is 0 Å². The standard InChI is InChI=1S/C9H7N3O2/c13-9(14)7-1-3-8(4-2-7)12-6-10-5-11-12/h1-6H,(H,13,14)/p-1. The van der Waals surface area contributed by atoms with Gasteiger partial charge >= 0.3 is 0 Å². The lowest BCUT2D eigenvalue weighted by molar-refractivity contribution is -0.255. The van der Waals surface area contributed by atoms with E-state index in [1.54, 1.807) is 16.8 Å². The minimum absolute atomic E-state index is 0.147. The predicted molar refractivity (Wildman–Crippen MR) is 45.7 cm³/mol. The molecule has 0 radical (unpaired) electrons. The van der Waals surface area contributed by atoms with Crippen LogP contribution in [0.4, 0.5) is 0 Å². The maximum atomic E-state index is 10.5. The predicted octanol–water partition coefficient (Wildman–Crippen LogP) is -0.369. The van der Waals surface area contributed by atoms with Crippen molar-refractivity contribution >= 4 is 5.97 Å². The lowest BCUT2D eigenvalue weighted by Gasteiger charge is -2.03. The Bertz CT molecular complexity index is 434. The molecule has 0 amide bonds. The van der Waals surface area contributed by atoms with E-state index in [1.807, 2.05) is 0 Å². The number of carbonyl (C=O) groups excluding carboxylic acids is 1. The SMILES string of the molecule is O=C([O-])c1ccc(-n2cncn2)cc1. The summed E-state index contributed by atoms with van der Waals surface area (Å²) in [6, 6.07) is 6.21. The maximum absolute atomic E-state index is 10.5. The molecule has 70 valence electrons. The highest BCUT2D eigenvalue weighted by Gasteiger charge is 1.97. The van der Waals surface area contributed by atoms with Crippen molar-refractivity contribution in [3.63, 3.8) is 0 Å². The van der Waals surface area contributed by atoms with E-state index in [0.29, 0.717) is 0 Å². The summed E-state index contributed by atoms with van der Waals surface area (Å²) in [7, 11) is 0. The molecule has 1 aromatic carbocycles. The molecular weight excluding hydrogens is 182 g/mol. The van der Waals surface area contributed by atoms with Crippen LogP contribution in [0.2, 0.25) is 0 Å². The maximum Gasteiger partial charge on any atom is 0.138 e. The van der Waals surface area contributed by atoms with Gasteiger partial charge in [-0.3, -0.25) is 0 Å². The Labute approximate surface area is 79.6 Å². The van der Waals surface area contributed by atoms with Crippen LogP contribution in [0.15, 0.2) is 36.9 Å².